The minimum Gasteiger partial charge on any atom is -0.493 e. The van der Waals surface area contributed by atoms with Crippen LogP contribution in [0.3, 0.4) is 0 Å². The highest BCUT2D eigenvalue weighted by atomic mass is 32.1. The van der Waals surface area contributed by atoms with Crippen LogP contribution in [0.5, 0.6) is 11.5 Å². The van der Waals surface area contributed by atoms with E-state index in [1.807, 2.05) is 0 Å². The van der Waals surface area contributed by atoms with Crippen LogP contribution in [0.1, 0.15) is 11.1 Å². The van der Waals surface area contributed by atoms with E-state index in [1.165, 1.54) is 12.1 Å². The van der Waals surface area contributed by atoms with Crippen molar-refractivity contribution < 1.29 is 13.9 Å². The van der Waals surface area contributed by atoms with Crippen LogP contribution >= 0.6 is 12.2 Å². The van der Waals surface area contributed by atoms with Gasteiger partial charge in [0, 0.05) is 0 Å². The van der Waals surface area contributed by atoms with Gasteiger partial charge in [-0.2, -0.15) is 5.10 Å². The Balaban J connectivity index is 2.07. The van der Waals surface area contributed by atoms with E-state index in [2.05, 4.69) is 22.7 Å². The van der Waals surface area contributed by atoms with Crippen LogP contribution in [0.25, 0.3) is 0 Å². The quantitative estimate of drug-likeness (QED) is 0.483. The Morgan fingerprint density at radius 3 is 2.83 bits per heavy atom. The van der Waals surface area contributed by atoms with Crippen LogP contribution in [0, 0.1) is 5.82 Å². The average molecular weight is 333 g/mol. The first kappa shape index (κ1) is 16.7. The molecule has 2 rings (SSSR count). The second-order valence-electron chi connectivity index (χ2n) is 4.56. The molecule has 0 spiro atoms. The molecule has 0 aliphatic carbocycles. The Morgan fingerprint density at radius 2 is 2.13 bits per heavy atom. The molecule has 0 radical (unpaired) electrons. The van der Waals surface area contributed by atoms with Gasteiger partial charge in [0.15, 0.2) is 16.6 Å². The van der Waals surface area contributed by atoms with Crippen molar-refractivity contribution in [1.29, 1.82) is 0 Å². The van der Waals surface area contributed by atoms with Gasteiger partial charge in [0.05, 0.1) is 13.3 Å². The lowest BCUT2D eigenvalue weighted by molar-refractivity contribution is 0.284. The Labute approximate surface area is 138 Å². The third-order valence-electron chi connectivity index (χ3n) is 2.86. The fourth-order valence-electron chi connectivity index (χ4n) is 1.84. The average Bonchev–Trinajstić information content (AvgIpc) is 2.53. The minimum atomic E-state index is -0.296. The number of thiocarbonyl (C=S) groups is 1. The number of nitrogens with zero attached hydrogens (tertiary/aromatic N) is 1. The molecule has 5 nitrogen and oxygen atoms in total. The monoisotopic (exact) mass is 333 g/mol. The van der Waals surface area contributed by atoms with Crippen molar-refractivity contribution in [2.75, 3.05) is 7.11 Å². The topological polar surface area (TPSA) is 68.9 Å². The number of hydrogen-bond acceptors (Lipinski definition) is 4. The molecule has 23 heavy (non-hydrogen) atoms. The van der Waals surface area contributed by atoms with Crippen molar-refractivity contribution in [2.45, 2.75) is 6.61 Å². The Hall–Kier alpha value is -2.67. The van der Waals surface area contributed by atoms with Gasteiger partial charge < -0.3 is 15.2 Å². The molecule has 7 heteroatoms. The van der Waals surface area contributed by atoms with Crippen LogP contribution in [0.15, 0.2) is 47.6 Å². The third kappa shape index (κ3) is 5.23. The largest absolute Gasteiger partial charge is 0.493 e. The fraction of sp³-hybridized carbons (Fsp3) is 0.125. The van der Waals surface area contributed by atoms with Crippen molar-refractivity contribution in [3.8, 4) is 11.5 Å². The van der Waals surface area contributed by atoms with Crippen molar-refractivity contribution in [3.05, 3.63) is 59.4 Å². The molecule has 3 N–H and O–H groups in total. The smallest absolute Gasteiger partial charge is 0.184 e. The van der Waals surface area contributed by atoms with Gasteiger partial charge in [-0.15, -0.1) is 0 Å². The summed E-state index contributed by atoms with van der Waals surface area (Å²) in [7, 11) is 1.54. The molecule has 0 atom stereocenters. The van der Waals surface area contributed by atoms with Gasteiger partial charge >= 0.3 is 0 Å². The summed E-state index contributed by atoms with van der Waals surface area (Å²) in [4.78, 5) is 0. The molecular weight excluding hydrogens is 317 g/mol. The summed E-state index contributed by atoms with van der Waals surface area (Å²) < 4.78 is 24.1. The molecule has 2 aromatic rings. The van der Waals surface area contributed by atoms with Crippen LogP contribution in [-0.4, -0.2) is 18.4 Å². The first-order valence-electron chi connectivity index (χ1n) is 6.72. The summed E-state index contributed by atoms with van der Waals surface area (Å²) in [5.41, 5.74) is 9.26. The molecule has 0 aliphatic heterocycles. The Bertz CT molecular complexity index is 722. The van der Waals surface area contributed by atoms with Crippen molar-refractivity contribution in [1.82, 2.24) is 5.43 Å². The number of nitrogens with one attached hydrogen (secondary N) is 1. The summed E-state index contributed by atoms with van der Waals surface area (Å²) in [6.45, 7) is 0.241. The maximum atomic E-state index is 13.1. The predicted octanol–water partition coefficient (Wildman–Crippen LogP) is 2.58. The maximum Gasteiger partial charge on any atom is 0.184 e. The first-order valence-corrected chi connectivity index (χ1v) is 7.13. The van der Waals surface area contributed by atoms with E-state index < -0.39 is 0 Å². The van der Waals surface area contributed by atoms with Gasteiger partial charge in [0.2, 0.25) is 0 Å². The molecular formula is C16H16FN3O2S. The van der Waals surface area contributed by atoms with E-state index in [0.29, 0.717) is 11.5 Å². The number of ether oxygens (including phenoxy) is 2. The van der Waals surface area contributed by atoms with Crippen LogP contribution in [0.4, 0.5) is 4.39 Å². The Kier molecular flexibility index (Phi) is 5.87. The second kappa shape index (κ2) is 8.09. The summed E-state index contributed by atoms with van der Waals surface area (Å²) in [6.07, 6.45) is 1.55. The van der Waals surface area contributed by atoms with Gasteiger partial charge in [-0.3, -0.25) is 5.43 Å². The van der Waals surface area contributed by atoms with Gasteiger partial charge in [0.1, 0.15) is 12.4 Å². The van der Waals surface area contributed by atoms with Crippen molar-refractivity contribution >= 4 is 23.5 Å². The molecule has 0 aromatic heterocycles. The summed E-state index contributed by atoms with van der Waals surface area (Å²) in [5, 5.41) is 3.96. The van der Waals surface area contributed by atoms with E-state index in [9.17, 15) is 4.39 Å². The zero-order valence-corrected chi connectivity index (χ0v) is 13.3. The predicted molar refractivity (Wildman–Crippen MR) is 91.2 cm³/mol. The van der Waals surface area contributed by atoms with Crippen LogP contribution < -0.4 is 20.6 Å². The maximum absolute atomic E-state index is 13.1. The number of benzene rings is 2. The minimum absolute atomic E-state index is 0.0864. The number of nitrogens with two attached hydrogens (primary N) is 1. The van der Waals surface area contributed by atoms with E-state index in [1.54, 1.807) is 43.7 Å². The molecule has 2 aromatic carbocycles. The molecule has 0 amide bonds. The molecule has 0 aliphatic rings. The third-order valence-corrected chi connectivity index (χ3v) is 2.95. The van der Waals surface area contributed by atoms with Crippen LogP contribution in [-0.2, 0) is 6.61 Å². The van der Waals surface area contributed by atoms with Gasteiger partial charge in [-0.25, -0.2) is 4.39 Å². The SMILES string of the molecule is COc1cc(C=NNC(N)=S)ccc1OCc1cccc(F)c1. The molecule has 0 fully saturated rings. The zero-order valence-electron chi connectivity index (χ0n) is 12.5. The highest BCUT2D eigenvalue weighted by molar-refractivity contribution is 7.80. The van der Waals surface area contributed by atoms with E-state index in [4.69, 9.17) is 15.2 Å². The van der Waals surface area contributed by atoms with E-state index in [-0.39, 0.29) is 17.5 Å². The number of rotatable bonds is 6. The normalized spacial score (nSPS) is 10.5. The van der Waals surface area contributed by atoms with Gasteiger partial charge in [0.25, 0.3) is 0 Å². The van der Waals surface area contributed by atoms with E-state index in [0.717, 1.165) is 11.1 Å². The standard InChI is InChI=1S/C16H16FN3O2S/c1-21-15-8-11(9-19-20-16(18)23)5-6-14(15)22-10-12-3-2-4-13(17)7-12/h2-9H,10H2,1H3,(H3,18,20,23). The zero-order chi connectivity index (χ0) is 16.7. The molecule has 0 saturated carbocycles. The lowest BCUT2D eigenvalue weighted by atomic mass is 10.2. The lowest BCUT2D eigenvalue weighted by Gasteiger charge is -2.11. The van der Waals surface area contributed by atoms with Crippen molar-refractivity contribution in [2.24, 2.45) is 10.8 Å². The number of hydrazone groups is 1. The first-order chi connectivity index (χ1) is 11.1. The molecule has 0 unspecified atom stereocenters. The van der Waals surface area contributed by atoms with Crippen molar-refractivity contribution in [3.63, 3.8) is 0 Å². The Morgan fingerprint density at radius 1 is 1.30 bits per heavy atom. The van der Waals surface area contributed by atoms with E-state index >= 15 is 0 Å². The summed E-state index contributed by atoms with van der Waals surface area (Å²) >= 11 is 4.65. The molecule has 0 heterocycles. The lowest BCUT2D eigenvalue weighted by Crippen LogP contribution is -2.23. The highest BCUT2D eigenvalue weighted by Gasteiger charge is 2.06. The summed E-state index contributed by atoms with van der Waals surface area (Å²) in [5.74, 6) is 0.798. The number of halogens is 1. The van der Waals surface area contributed by atoms with Gasteiger partial charge in [-0.1, -0.05) is 12.1 Å². The van der Waals surface area contributed by atoms with Gasteiger partial charge in [-0.05, 0) is 53.7 Å². The molecule has 0 bridgehead atoms. The summed E-state index contributed by atoms with van der Waals surface area (Å²) in [6, 6.07) is 11.5. The number of methoxy groups -OCH3 is 1. The highest BCUT2D eigenvalue weighted by Crippen LogP contribution is 2.28. The number of hydrogen-bond donors (Lipinski definition) is 2. The molecule has 0 saturated heterocycles. The molecule has 120 valence electrons. The van der Waals surface area contributed by atoms with Crippen LogP contribution in [0.2, 0.25) is 0 Å². The fourth-order valence-corrected chi connectivity index (χ4v) is 1.89. The second-order valence-corrected chi connectivity index (χ2v) is 5.00.